The first-order chi connectivity index (χ1) is 7.38. The molecular weight excluding hydrogens is 255 g/mol. The zero-order chi connectivity index (χ0) is 15.1. The van der Waals surface area contributed by atoms with E-state index in [0.717, 1.165) is 0 Å². The molecule has 0 fully saturated rings. The minimum atomic E-state index is -4.67. The van der Waals surface area contributed by atoms with Gasteiger partial charge < -0.3 is 9.80 Å². The van der Waals surface area contributed by atoms with E-state index in [4.69, 9.17) is 17.5 Å². The molecule has 0 aliphatic rings. The topological polar surface area (TPSA) is 81.1 Å². The van der Waals surface area contributed by atoms with Gasteiger partial charge in [-0.15, -0.1) is 0 Å². The van der Waals surface area contributed by atoms with Crippen molar-refractivity contribution in [2.45, 2.75) is 3.67 Å². The maximum atomic E-state index is 8.74. The Labute approximate surface area is 124 Å². The van der Waals surface area contributed by atoms with Crippen LogP contribution in [-0.2, 0) is 10.4 Å². The molecule has 0 saturated heterocycles. The van der Waals surface area contributed by atoms with Gasteiger partial charge in [0.05, 0.1) is 0 Å². The summed E-state index contributed by atoms with van der Waals surface area (Å²) in [4.78, 5) is 4.00. The van der Waals surface area contributed by atoms with Crippen LogP contribution in [0.5, 0.6) is 0 Å². The molecule has 0 bridgehead atoms. The van der Waals surface area contributed by atoms with E-state index in [9.17, 15) is 0 Å². The molecule has 0 aromatic carbocycles. The second-order valence-corrected chi connectivity index (χ2v) is 5.54. The van der Waals surface area contributed by atoms with Crippen molar-refractivity contribution < 1.29 is 17.5 Å². The standard InChI is InChI=1S/2C3H9N.C3H5.Na.H2O4S/c2*1-4(2)3;1-3-2;;1-5(2,3)4/h2*1-3H3;3H,1-2H2;;(H2,1,2,3,4). The Hall–Kier alpha value is 0.530. The van der Waals surface area contributed by atoms with Crippen molar-refractivity contribution in [2.75, 3.05) is 42.3 Å². The molecule has 0 saturated carbocycles. The summed E-state index contributed by atoms with van der Waals surface area (Å²) in [6, 6.07) is 0. The molecule has 0 spiro atoms. The molecule has 6 nitrogen and oxygen atoms in total. The summed E-state index contributed by atoms with van der Waals surface area (Å²) >= 11 is 1.27. The van der Waals surface area contributed by atoms with Gasteiger partial charge in [0.1, 0.15) is 0 Å². The molecule has 8 heteroatoms. The summed E-state index contributed by atoms with van der Waals surface area (Å²) < 4.78 is 32.8. The molecule has 17 heavy (non-hydrogen) atoms. The molecule has 0 unspecified atom stereocenters. The van der Waals surface area contributed by atoms with Gasteiger partial charge in [-0.3, -0.25) is 9.11 Å². The number of allylic oxidation sites excluding steroid dienone is 1. The second kappa shape index (κ2) is 18.9. The van der Waals surface area contributed by atoms with Crippen molar-refractivity contribution in [3.8, 4) is 0 Å². The fourth-order valence-electron chi connectivity index (χ4n) is 0. The third-order valence-electron chi connectivity index (χ3n) is 0.289. The first-order valence-electron chi connectivity index (χ1n) is 4.91. The molecule has 0 rings (SSSR count). The summed E-state index contributed by atoms with van der Waals surface area (Å²) in [6.45, 7) is 3.51. The van der Waals surface area contributed by atoms with Crippen LogP contribution in [0.15, 0.2) is 12.7 Å². The van der Waals surface area contributed by atoms with Crippen LogP contribution in [-0.4, -0.2) is 97.5 Å². The van der Waals surface area contributed by atoms with Gasteiger partial charge in [-0.05, 0) is 42.3 Å². The fourth-order valence-corrected chi connectivity index (χ4v) is 0. The van der Waals surface area contributed by atoms with Crippen molar-refractivity contribution >= 4 is 38.3 Å². The molecule has 0 atom stereocenters. The first kappa shape index (κ1) is 26.2. The van der Waals surface area contributed by atoms with Crippen LogP contribution in [0.1, 0.15) is 0 Å². The third-order valence-corrected chi connectivity index (χ3v) is 0.866. The number of nitrogens with zero attached hydrogens (tertiary/aromatic N) is 2. The fraction of sp³-hybridized carbons (Fsp3) is 0.778. The molecule has 0 amide bonds. The monoisotopic (exact) mass is 280 g/mol. The third kappa shape index (κ3) is 1490. The van der Waals surface area contributed by atoms with Crippen molar-refractivity contribution in [3.05, 3.63) is 12.7 Å². The average Bonchev–Trinajstić information content (AvgIpc) is 1.98. The van der Waals surface area contributed by atoms with Gasteiger partial charge in [0, 0.05) is 0 Å². The first-order valence-corrected chi connectivity index (χ1v) is 7.72. The van der Waals surface area contributed by atoms with Gasteiger partial charge in [0.25, 0.3) is 0 Å². The number of hydrogen-bond donors (Lipinski definition) is 2. The minimum Gasteiger partial charge on any atom is -0.312 e. The predicted molar refractivity (Wildman–Crippen MR) is 74.2 cm³/mol. The largest absolute Gasteiger partial charge is 0.394 e. The SMILES string of the molecule is C=C[CH2][Na].CN(C)C.CN(C)C.O=S(=O)(O)O. The van der Waals surface area contributed by atoms with Gasteiger partial charge in [0.2, 0.25) is 0 Å². The Bertz CT molecular complexity index is 212. The van der Waals surface area contributed by atoms with Crippen molar-refractivity contribution in [2.24, 2.45) is 0 Å². The molecule has 102 valence electrons. The van der Waals surface area contributed by atoms with E-state index >= 15 is 0 Å². The normalized spacial score (nSPS) is 9.18. The molecule has 0 heterocycles. The molecule has 2 N–H and O–H groups in total. The molecule has 0 aromatic heterocycles. The van der Waals surface area contributed by atoms with E-state index in [1.54, 1.807) is 0 Å². The smallest absolute Gasteiger partial charge is 0.312 e. The van der Waals surface area contributed by atoms with Crippen LogP contribution in [0.2, 0.25) is 3.67 Å². The van der Waals surface area contributed by atoms with Crippen LogP contribution >= 0.6 is 0 Å². The number of rotatable bonds is 1. The Morgan fingerprint density at radius 2 is 1.12 bits per heavy atom. The molecule has 0 aliphatic heterocycles. The summed E-state index contributed by atoms with van der Waals surface area (Å²) in [6.07, 6.45) is 1.94. The van der Waals surface area contributed by atoms with Crippen LogP contribution in [0, 0.1) is 0 Å². The predicted octanol–water partition coefficient (Wildman–Crippen LogP) is 0.462. The molecule has 0 radical (unpaired) electrons. The summed E-state index contributed by atoms with van der Waals surface area (Å²) in [7, 11) is 7.33. The van der Waals surface area contributed by atoms with Gasteiger partial charge in [-0.1, -0.05) is 0 Å². The van der Waals surface area contributed by atoms with Gasteiger partial charge in [-0.2, -0.15) is 8.42 Å². The zero-order valence-corrected chi connectivity index (χ0v) is 14.8. The summed E-state index contributed by atoms with van der Waals surface area (Å²) in [5.41, 5.74) is 0. The van der Waals surface area contributed by atoms with Crippen molar-refractivity contribution in [1.82, 2.24) is 9.80 Å². The van der Waals surface area contributed by atoms with E-state index in [2.05, 4.69) is 6.58 Å². The van der Waals surface area contributed by atoms with Gasteiger partial charge in [-0.25, -0.2) is 0 Å². The number of hydrogen-bond acceptors (Lipinski definition) is 4. The second-order valence-electron chi connectivity index (χ2n) is 3.83. The van der Waals surface area contributed by atoms with Crippen LogP contribution in [0.3, 0.4) is 0 Å². The van der Waals surface area contributed by atoms with E-state index in [1.807, 2.05) is 58.2 Å². The van der Waals surface area contributed by atoms with Crippen LogP contribution in [0.4, 0.5) is 0 Å². The quantitative estimate of drug-likeness (QED) is 0.413. The Kier molecular flexibility index (Phi) is 29.1. The van der Waals surface area contributed by atoms with E-state index in [-0.39, 0.29) is 0 Å². The molecule has 0 aromatic rings. The molecule has 0 aliphatic carbocycles. The Morgan fingerprint density at radius 1 is 1.06 bits per heavy atom. The molecular formula is C9H25N2NaO4S. The minimum absolute atomic E-state index is 1.22. The Morgan fingerprint density at radius 3 is 1.12 bits per heavy atom. The van der Waals surface area contributed by atoms with E-state index in [1.165, 1.54) is 31.6 Å². The maximum Gasteiger partial charge on any atom is 0.394 e. The van der Waals surface area contributed by atoms with E-state index < -0.39 is 10.4 Å². The van der Waals surface area contributed by atoms with Crippen LogP contribution < -0.4 is 0 Å². The maximum absolute atomic E-state index is 8.74. The van der Waals surface area contributed by atoms with Gasteiger partial charge >= 0.3 is 54.7 Å². The average molecular weight is 280 g/mol. The van der Waals surface area contributed by atoms with E-state index in [0.29, 0.717) is 0 Å². The Balaban J connectivity index is -0.0000000667. The van der Waals surface area contributed by atoms with Gasteiger partial charge in [0.15, 0.2) is 0 Å². The van der Waals surface area contributed by atoms with Crippen molar-refractivity contribution in [1.29, 1.82) is 0 Å². The zero-order valence-electron chi connectivity index (χ0n) is 12.0. The summed E-state index contributed by atoms with van der Waals surface area (Å²) in [5, 5.41) is 0. The summed E-state index contributed by atoms with van der Waals surface area (Å²) in [5.74, 6) is 0. The van der Waals surface area contributed by atoms with Crippen molar-refractivity contribution in [3.63, 3.8) is 0 Å². The van der Waals surface area contributed by atoms with Crippen LogP contribution in [0.25, 0.3) is 0 Å².